The zero-order chi connectivity index (χ0) is 6.74. The van der Waals surface area contributed by atoms with Gasteiger partial charge < -0.3 is 10.6 Å². The maximum absolute atomic E-state index is 3.42. The first-order chi connectivity index (χ1) is 4.27. The molecule has 0 spiro atoms. The molecule has 1 rings (SSSR count). The summed E-state index contributed by atoms with van der Waals surface area (Å²) in [6.07, 6.45) is 2.60. The number of rotatable bonds is 3. The number of hydrogen-bond acceptors (Lipinski definition) is 2. The second kappa shape index (κ2) is 2.67. The van der Waals surface area contributed by atoms with Crippen molar-refractivity contribution in [2.45, 2.75) is 25.3 Å². The van der Waals surface area contributed by atoms with Crippen molar-refractivity contribution < 1.29 is 0 Å². The van der Waals surface area contributed by atoms with E-state index >= 15 is 0 Å². The van der Waals surface area contributed by atoms with Crippen molar-refractivity contribution in [3.63, 3.8) is 0 Å². The third-order valence-electron chi connectivity index (χ3n) is 2.16. The first-order valence-corrected chi connectivity index (χ1v) is 3.66. The third kappa shape index (κ3) is 1.66. The Kier molecular flexibility index (Phi) is 2.09. The SMILES string of the molecule is CNCC[C@]1(C)CCN1. The Bertz CT molecular complexity index is 86.9. The van der Waals surface area contributed by atoms with Crippen molar-refractivity contribution in [1.82, 2.24) is 10.6 Å². The molecular formula is C7H16N2. The summed E-state index contributed by atoms with van der Waals surface area (Å²) in [6.45, 7) is 4.62. The summed E-state index contributed by atoms with van der Waals surface area (Å²) >= 11 is 0. The van der Waals surface area contributed by atoms with Gasteiger partial charge in [-0.3, -0.25) is 0 Å². The highest BCUT2D eigenvalue weighted by atomic mass is 15.0. The highest BCUT2D eigenvalue weighted by molar-refractivity contribution is 4.92. The molecule has 2 nitrogen and oxygen atoms in total. The lowest BCUT2D eigenvalue weighted by Crippen LogP contribution is -2.55. The summed E-state index contributed by atoms with van der Waals surface area (Å²) in [5.41, 5.74) is 0.461. The quantitative estimate of drug-likeness (QED) is 0.573. The van der Waals surface area contributed by atoms with Crippen molar-refractivity contribution in [3.8, 4) is 0 Å². The Hall–Kier alpha value is -0.0800. The van der Waals surface area contributed by atoms with E-state index < -0.39 is 0 Å². The van der Waals surface area contributed by atoms with E-state index in [9.17, 15) is 0 Å². The average Bonchev–Trinajstić information content (AvgIpc) is 1.79. The van der Waals surface area contributed by atoms with Gasteiger partial charge in [0.25, 0.3) is 0 Å². The van der Waals surface area contributed by atoms with Crippen LogP contribution >= 0.6 is 0 Å². The molecule has 1 saturated heterocycles. The molecule has 0 amide bonds. The van der Waals surface area contributed by atoms with Gasteiger partial charge in [0.1, 0.15) is 0 Å². The van der Waals surface area contributed by atoms with Gasteiger partial charge in [-0.2, -0.15) is 0 Å². The maximum Gasteiger partial charge on any atom is 0.0177 e. The molecule has 1 fully saturated rings. The van der Waals surface area contributed by atoms with E-state index in [1.54, 1.807) is 0 Å². The first-order valence-electron chi connectivity index (χ1n) is 3.66. The number of nitrogens with one attached hydrogen (secondary N) is 2. The standard InChI is InChI=1S/C7H16N2/c1-7(3-5-8-2)4-6-9-7/h8-9H,3-6H2,1-2H3/t7-/m1/s1. The molecule has 2 N–H and O–H groups in total. The van der Waals surface area contributed by atoms with Gasteiger partial charge in [0, 0.05) is 5.54 Å². The molecular weight excluding hydrogens is 112 g/mol. The molecule has 1 atom stereocenters. The fraction of sp³-hybridized carbons (Fsp3) is 1.00. The zero-order valence-corrected chi connectivity index (χ0v) is 6.33. The molecule has 0 saturated carbocycles. The van der Waals surface area contributed by atoms with Crippen LogP contribution in [0.4, 0.5) is 0 Å². The van der Waals surface area contributed by atoms with Crippen LogP contribution in [0.25, 0.3) is 0 Å². The topological polar surface area (TPSA) is 24.1 Å². The summed E-state index contributed by atoms with van der Waals surface area (Å²) in [4.78, 5) is 0. The van der Waals surface area contributed by atoms with Crippen LogP contribution in [0.3, 0.4) is 0 Å². The molecule has 2 heteroatoms. The van der Waals surface area contributed by atoms with Crippen LogP contribution in [0.15, 0.2) is 0 Å². The highest BCUT2D eigenvalue weighted by Crippen LogP contribution is 2.20. The van der Waals surface area contributed by atoms with E-state index in [-0.39, 0.29) is 0 Å². The lowest BCUT2D eigenvalue weighted by atomic mass is 9.87. The molecule has 0 radical (unpaired) electrons. The minimum absolute atomic E-state index is 0.461. The minimum atomic E-state index is 0.461. The predicted molar refractivity (Wildman–Crippen MR) is 39.6 cm³/mol. The van der Waals surface area contributed by atoms with Gasteiger partial charge in [-0.25, -0.2) is 0 Å². The fourth-order valence-electron chi connectivity index (χ4n) is 1.17. The molecule has 0 bridgehead atoms. The van der Waals surface area contributed by atoms with Crippen LogP contribution in [0.1, 0.15) is 19.8 Å². The Morgan fingerprint density at radius 3 is 2.67 bits per heavy atom. The van der Waals surface area contributed by atoms with Crippen LogP contribution in [0.2, 0.25) is 0 Å². The molecule has 1 heterocycles. The van der Waals surface area contributed by atoms with Gasteiger partial charge >= 0.3 is 0 Å². The second-order valence-corrected chi connectivity index (χ2v) is 3.09. The van der Waals surface area contributed by atoms with E-state index in [4.69, 9.17) is 0 Å². The van der Waals surface area contributed by atoms with E-state index in [2.05, 4.69) is 17.6 Å². The van der Waals surface area contributed by atoms with Crippen molar-refractivity contribution >= 4 is 0 Å². The Morgan fingerprint density at radius 2 is 2.33 bits per heavy atom. The van der Waals surface area contributed by atoms with Crippen LogP contribution in [0, 0.1) is 0 Å². The molecule has 0 aromatic carbocycles. The molecule has 0 aliphatic carbocycles. The Balaban J connectivity index is 2.09. The van der Waals surface area contributed by atoms with E-state index in [1.807, 2.05) is 7.05 Å². The monoisotopic (exact) mass is 128 g/mol. The first kappa shape index (κ1) is 7.03. The summed E-state index contributed by atoms with van der Waals surface area (Å²) < 4.78 is 0. The van der Waals surface area contributed by atoms with Crippen LogP contribution < -0.4 is 10.6 Å². The third-order valence-corrected chi connectivity index (χ3v) is 2.16. The van der Waals surface area contributed by atoms with Gasteiger partial charge in [0.05, 0.1) is 0 Å². The van der Waals surface area contributed by atoms with Crippen molar-refractivity contribution in [2.24, 2.45) is 0 Å². The molecule has 9 heavy (non-hydrogen) atoms. The molecule has 1 aliphatic heterocycles. The fourth-order valence-corrected chi connectivity index (χ4v) is 1.17. The highest BCUT2D eigenvalue weighted by Gasteiger charge is 2.29. The predicted octanol–water partition coefficient (Wildman–Crippen LogP) is 0.348. The number of hydrogen-bond donors (Lipinski definition) is 2. The summed E-state index contributed by atoms with van der Waals surface area (Å²) in [7, 11) is 2.00. The van der Waals surface area contributed by atoms with Crippen molar-refractivity contribution in [3.05, 3.63) is 0 Å². The molecule has 0 unspecified atom stereocenters. The Morgan fingerprint density at radius 1 is 1.67 bits per heavy atom. The lowest BCUT2D eigenvalue weighted by molar-refractivity contribution is 0.216. The van der Waals surface area contributed by atoms with Gasteiger partial charge in [0.15, 0.2) is 0 Å². The largest absolute Gasteiger partial charge is 0.320 e. The molecule has 0 aromatic heterocycles. The lowest BCUT2D eigenvalue weighted by Gasteiger charge is -2.40. The minimum Gasteiger partial charge on any atom is -0.320 e. The van der Waals surface area contributed by atoms with E-state index in [0.29, 0.717) is 5.54 Å². The van der Waals surface area contributed by atoms with Gasteiger partial charge in [-0.05, 0) is 39.9 Å². The normalized spacial score (nSPS) is 34.0. The summed E-state index contributed by atoms with van der Waals surface area (Å²) in [5.74, 6) is 0. The van der Waals surface area contributed by atoms with Gasteiger partial charge in [-0.15, -0.1) is 0 Å². The average molecular weight is 128 g/mol. The van der Waals surface area contributed by atoms with E-state index in [0.717, 1.165) is 6.54 Å². The van der Waals surface area contributed by atoms with Crippen LogP contribution in [-0.4, -0.2) is 25.7 Å². The van der Waals surface area contributed by atoms with Crippen LogP contribution in [-0.2, 0) is 0 Å². The van der Waals surface area contributed by atoms with E-state index in [1.165, 1.54) is 19.4 Å². The van der Waals surface area contributed by atoms with Crippen molar-refractivity contribution in [1.29, 1.82) is 0 Å². The Labute approximate surface area is 57.0 Å². The molecule has 0 aromatic rings. The van der Waals surface area contributed by atoms with Gasteiger partial charge in [-0.1, -0.05) is 0 Å². The summed E-state index contributed by atoms with van der Waals surface area (Å²) in [5, 5.41) is 6.57. The van der Waals surface area contributed by atoms with Crippen molar-refractivity contribution in [2.75, 3.05) is 20.1 Å². The second-order valence-electron chi connectivity index (χ2n) is 3.09. The molecule has 54 valence electrons. The molecule has 1 aliphatic rings. The maximum atomic E-state index is 3.42. The van der Waals surface area contributed by atoms with Gasteiger partial charge in [0.2, 0.25) is 0 Å². The van der Waals surface area contributed by atoms with Crippen LogP contribution in [0.5, 0.6) is 0 Å². The smallest absolute Gasteiger partial charge is 0.0177 e. The zero-order valence-electron chi connectivity index (χ0n) is 6.33. The summed E-state index contributed by atoms with van der Waals surface area (Å²) in [6, 6.07) is 0.